The first-order valence-corrected chi connectivity index (χ1v) is 7.94. The number of para-hydroxylation sites is 2. The molecular weight excluding hydrogens is 320 g/mol. The molecule has 1 aliphatic rings. The van der Waals surface area contributed by atoms with Gasteiger partial charge in [-0.1, -0.05) is 25.1 Å². The summed E-state index contributed by atoms with van der Waals surface area (Å²) >= 11 is 0. The zero-order valence-corrected chi connectivity index (χ0v) is 14.0. The number of ketones is 1. The van der Waals surface area contributed by atoms with Crippen LogP contribution in [-0.4, -0.2) is 28.9 Å². The highest BCUT2D eigenvalue weighted by molar-refractivity contribution is 6.16. The Kier molecular flexibility index (Phi) is 4.52. The van der Waals surface area contributed by atoms with Gasteiger partial charge in [0.2, 0.25) is 0 Å². The number of nitrogens with zero attached hydrogens (tertiary/aromatic N) is 2. The molecule has 2 aromatic rings. The molecule has 0 radical (unpaired) electrons. The normalized spacial score (nSPS) is 17.1. The molecule has 128 valence electrons. The van der Waals surface area contributed by atoms with Gasteiger partial charge in [0.15, 0.2) is 11.5 Å². The van der Waals surface area contributed by atoms with Crippen molar-refractivity contribution in [2.24, 2.45) is 0 Å². The first kappa shape index (κ1) is 16.7. The Bertz CT molecular complexity index is 846. The van der Waals surface area contributed by atoms with Crippen LogP contribution in [0, 0.1) is 0 Å². The van der Waals surface area contributed by atoms with Crippen LogP contribution in [0.25, 0.3) is 0 Å². The molecular formula is C19H18N2O4. The number of aliphatic hydroxyl groups is 1. The topological polar surface area (TPSA) is 79.7 Å². The summed E-state index contributed by atoms with van der Waals surface area (Å²) in [5.41, 5.74) is 1.04. The van der Waals surface area contributed by atoms with E-state index >= 15 is 0 Å². The number of aromatic nitrogens is 1. The molecule has 1 amide bonds. The summed E-state index contributed by atoms with van der Waals surface area (Å²) in [5.74, 6) is -1.00. The Morgan fingerprint density at radius 2 is 1.96 bits per heavy atom. The number of methoxy groups -OCH3 is 1. The van der Waals surface area contributed by atoms with Gasteiger partial charge in [-0.3, -0.25) is 19.5 Å². The Morgan fingerprint density at radius 1 is 1.24 bits per heavy atom. The number of Topliss-reactive ketones (excluding diaryl/α,β-unsaturated/α-hetero) is 1. The maximum absolute atomic E-state index is 12.8. The highest BCUT2D eigenvalue weighted by Gasteiger charge is 2.45. The second-order valence-electron chi connectivity index (χ2n) is 5.54. The number of anilines is 1. The van der Waals surface area contributed by atoms with E-state index in [4.69, 9.17) is 4.74 Å². The van der Waals surface area contributed by atoms with E-state index in [9.17, 15) is 14.7 Å². The summed E-state index contributed by atoms with van der Waals surface area (Å²) in [4.78, 5) is 30.9. The second-order valence-corrected chi connectivity index (χ2v) is 5.54. The zero-order chi connectivity index (χ0) is 18.0. The highest BCUT2D eigenvalue weighted by Crippen LogP contribution is 2.43. The van der Waals surface area contributed by atoms with Crippen LogP contribution in [0.5, 0.6) is 5.75 Å². The van der Waals surface area contributed by atoms with Crippen molar-refractivity contribution in [2.75, 3.05) is 12.0 Å². The van der Waals surface area contributed by atoms with E-state index in [1.807, 2.05) is 0 Å². The average Bonchev–Trinajstić information content (AvgIpc) is 2.93. The van der Waals surface area contributed by atoms with Crippen LogP contribution in [0.4, 0.5) is 5.69 Å². The van der Waals surface area contributed by atoms with E-state index in [1.165, 1.54) is 12.0 Å². The number of carbonyl (C=O) groups is 2. The lowest BCUT2D eigenvalue weighted by molar-refractivity contribution is -0.118. The molecule has 1 atom stereocenters. The van der Waals surface area contributed by atoms with Gasteiger partial charge in [-0.25, -0.2) is 0 Å². The van der Waals surface area contributed by atoms with Crippen molar-refractivity contribution in [3.63, 3.8) is 0 Å². The van der Waals surface area contributed by atoms with Gasteiger partial charge in [0, 0.05) is 12.6 Å². The van der Waals surface area contributed by atoms with Gasteiger partial charge in [0.25, 0.3) is 5.91 Å². The summed E-state index contributed by atoms with van der Waals surface area (Å²) in [7, 11) is 1.50. The molecule has 0 saturated heterocycles. The van der Waals surface area contributed by atoms with Crippen LogP contribution < -0.4 is 9.64 Å². The van der Waals surface area contributed by atoms with Crippen molar-refractivity contribution in [2.45, 2.75) is 19.4 Å². The van der Waals surface area contributed by atoms with Gasteiger partial charge >= 0.3 is 0 Å². The zero-order valence-electron chi connectivity index (χ0n) is 14.0. The van der Waals surface area contributed by atoms with Crippen LogP contribution in [0.2, 0.25) is 0 Å². The Morgan fingerprint density at radius 3 is 2.60 bits per heavy atom. The summed E-state index contributed by atoms with van der Waals surface area (Å²) in [6.07, 6.45) is 1.76. The van der Waals surface area contributed by atoms with E-state index in [0.29, 0.717) is 17.1 Å². The summed E-state index contributed by atoms with van der Waals surface area (Å²) in [5, 5.41) is 10.4. The van der Waals surface area contributed by atoms with Gasteiger partial charge in [-0.2, -0.15) is 0 Å². The SMILES string of the molecule is CCC(=O)C1=C(O)C(=O)N(c2ccccc2OC)C1c1ccccn1. The Hall–Kier alpha value is -3.15. The second kappa shape index (κ2) is 6.76. The van der Waals surface area contributed by atoms with E-state index < -0.39 is 17.7 Å². The first-order valence-electron chi connectivity index (χ1n) is 7.94. The average molecular weight is 338 g/mol. The smallest absolute Gasteiger partial charge is 0.294 e. The fraction of sp³-hybridized carbons (Fsp3) is 0.211. The van der Waals surface area contributed by atoms with Gasteiger partial charge < -0.3 is 9.84 Å². The fourth-order valence-electron chi connectivity index (χ4n) is 2.98. The van der Waals surface area contributed by atoms with E-state index in [2.05, 4.69) is 4.98 Å². The lowest BCUT2D eigenvalue weighted by atomic mass is 9.98. The molecule has 1 aromatic heterocycles. The molecule has 6 nitrogen and oxygen atoms in total. The van der Waals surface area contributed by atoms with Gasteiger partial charge in [-0.15, -0.1) is 0 Å². The molecule has 2 heterocycles. The lowest BCUT2D eigenvalue weighted by Gasteiger charge is -2.27. The van der Waals surface area contributed by atoms with Crippen molar-refractivity contribution in [1.29, 1.82) is 0 Å². The number of rotatable bonds is 5. The van der Waals surface area contributed by atoms with Gasteiger partial charge in [-0.05, 0) is 24.3 Å². The van der Waals surface area contributed by atoms with Crippen LogP contribution in [0.15, 0.2) is 60.0 Å². The Balaban J connectivity index is 2.21. The molecule has 1 N–H and O–H groups in total. The molecule has 0 fully saturated rings. The highest BCUT2D eigenvalue weighted by atomic mass is 16.5. The van der Waals surface area contributed by atoms with Gasteiger partial charge in [0.1, 0.15) is 11.8 Å². The minimum Gasteiger partial charge on any atom is -0.503 e. The number of ether oxygens (including phenoxy) is 1. The lowest BCUT2D eigenvalue weighted by Crippen LogP contribution is -2.31. The molecule has 0 saturated carbocycles. The minimum absolute atomic E-state index is 0.0668. The van der Waals surface area contributed by atoms with Crippen molar-refractivity contribution < 1.29 is 19.4 Å². The molecule has 1 aliphatic heterocycles. The third-order valence-electron chi connectivity index (χ3n) is 4.14. The predicted molar refractivity (Wildman–Crippen MR) is 92.4 cm³/mol. The third-order valence-corrected chi connectivity index (χ3v) is 4.14. The van der Waals surface area contributed by atoms with Crippen LogP contribution in [0.3, 0.4) is 0 Å². The predicted octanol–water partition coefficient (Wildman–Crippen LogP) is 2.97. The molecule has 6 heteroatoms. The quantitative estimate of drug-likeness (QED) is 0.906. The van der Waals surface area contributed by atoms with Crippen molar-refractivity contribution in [1.82, 2.24) is 4.98 Å². The van der Waals surface area contributed by atoms with E-state index in [-0.39, 0.29) is 17.8 Å². The molecule has 1 unspecified atom stereocenters. The third kappa shape index (κ3) is 2.76. The van der Waals surface area contributed by atoms with Crippen LogP contribution in [0.1, 0.15) is 25.1 Å². The molecule has 0 spiro atoms. The summed E-state index contributed by atoms with van der Waals surface area (Å²) in [6.45, 7) is 1.69. The number of carbonyl (C=O) groups excluding carboxylic acids is 2. The number of hydrogen-bond donors (Lipinski definition) is 1. The van der Waals surface area contributed by atoms with Crippen LogP contribution in [-0.2, 0) is 9.59 Å². The standard InChI is InChI=1S/C19H18N2O4/c1-3-14(22)16-17(12-8-6-7-11-20-12)21(19(24)18(16)23)13-9-4-5-10-15(13)25-2/h4-11,17,23H,3H2,1-2H3. The minimum atomic E-state index is -0.794. The van der Waals surface area contributed by atoms with Crippen LogP contribution >= 0.6 is 0 Å². The summed E-state index contributed by atoms with van der Waals surface area (Å²) < 4.78 is 5.35. The number of benzene rings is 1. The molecule has 3 rings (SSSR count). The van der Waals surface area contributed by atoms with Crippen molar-refractivity contribution in [3.8, 4) is 5.75 Å². The van der Waals surface area contributed by atoms with E-state index in [0.717, 1.165) is 0 Å². The monoisotopic (exact) mass is 338 g/mol. The van der Waals surface area contributed by atoms with E-state index in [1.54, 1.807) is 55.6 Å². The largest absolute Gasteiger partial charge is 0.503 e. The molecule has 1 aromatic carbocycles. The maximum atomic E-state index is 12.8. The molecule has 25 heavy (non-hydrogen) atoms. The van der Waals surface area contributed by atoms with Crippen molar-refractivity contribution in [3.05, 3.63) is 65.7 Å². The van der Waals surface area contributed by atoms with Gasteiger partial charge in [0.05, 0.1) is 24.1 Å². The molecule has 0 aliphatic carbocycles. The fourth-order valence-corrected chi connectivity index (χ4v) is 2.98. The number of pyridine rings is 1. The first-order chi connectivity index (χ1) is 12.1. The number of aliphatic hydroxyl groups excluding tert-OH is 1. The number of hydrogen-bond acceptors (Lipinski definition) is 5. The summed E-state index contributed by atoms with van der Waals surface area (Å²) in [6, 6.07) is 11.4. The number of amides is 1. The maximum Gasteiger partial charge on any atom is 0.294 e. The molecule has 0 bridgehead atoms. The Labute approximate surface area is 145 Å². The van der Waals surface area contributed by atoms with Crippen molar-refractivity contribution >= 4 is 17.4 Å².